The largest absolute Gasteiger partial charge is 0.358 e. The van der Waals surface area contributed by atoms with Crippen LogP contribution in [0.3, 0.4) is 0 Å². The molecule has 3 aliphatic rings. The molecule has 0 saturated heterocycles. The van der Waals surface area contributed by atoms with Crippen LogP contribution in [0.1, 0.15) is 17.5 Å². The molecule has 0 radical (unpaired) electrons. The summed E-state index contributed by atoms with van der Waals surface area (Å²) in [4.78, 5) is 6.96. The number of hydrogen-bond donors (Lipinski definition) is 0. The molecular weight excluding hydrogens is 503 g/mol. The maximum Gasteiger partial charge on any atom is 0.114 e. The van der Waals surface area contributed by atoms with E-state index in [0.29, 0.717) is 17.1 Å². The first-order valence-electron chi connectivity index (χ1n) is 13.9. The van der Waals surface area contributed by atoms with E-state index in [-0.39, 0.29) is 6.04 Å². The summed E-state index contributed by atoms with van der Waals surface area (Å²) in [5.41, 5.74) is 6.91. The van der Waals surface area contributed by atoms with Gasteiger partial charge in [0, 0.05) is 29.2 Å². The van der Waals surface area contributed by atoms with Crippen molar-refractivity contribution in [3.05, 3.63) is 151 Å². The van der Waals surface area contributed by atoms with Crippen molar-refractivity contribution in [3.63, 3.8) is 0 Å². The van der Waals surface area contributed by atoms with Crippen LogP contribution in [0.2, 0.25) is 5.54 Å². The fourth-order valence-corrected chi connectivity index (χ4v) is 10.5. The molecule has 0 saturated carbocycles. The summed E-state index contributed by atoms with van der Waals surface area (Å²) in [5, 5.41) is 12.7. The van der Waals surface area contributed by atoms with Crippen molar-refractivity contribution < 1.29 is 0 Å². The molecule has 3 nitrogen and oxygen atoms in total. The van der Waals surface area contributed by atoms with Crippen LogP contribution in [0.5, 0.6) is 0 Å². The summed E-state index contributed by atoms with van der Waals surface area (Å²) in [6.07, 6.45) is 20.6. The van der Waals surface area contributed by atoms with Gasteiger partial charge in [-0.1, -0.05) is 114 Å². The number of rotatable bonds is 4. The van der Waals surface area contributed by atoms with Crippen molar-refractivity contribution >= 4 is 30.4 Å². The number of nitriles is 1. The second-order valence-corrected chi connectivity index (χ2v) is 13.7. The zero-order chi connectivity index (χ0) is 26.9. The predicted molar refractivity (Wildman–Crippen MR) is 168 cm³/mol. The van der Waals surface area contributed by atoms with Crippen LogP contribution >= 0.6 is 0 Å². The Balaban J connectivity index is 1.26. The molecule has 2 heterocycles. The van der Waals surface area contributed by atoms with Gasteiger partial charge in [0.05, 0.1) is 23.7 Å². The maximum atomic E-state index is 9.63. The second kappa shape index (κ2) is 10.4. The first-order valence-corrected chi connectivity index (χ1v) is 15.7. The molecule has 1 aromatic heterocycles. The number of benzene rings is 3. The number of allylic oxidation sites excluding steroid dienone is 4. The van der Waals surface area contributed by atoms with Crippen LogP contribution in [0.4, 0.5) is 5.69 Å². The van der Waals surface area contributed by atoms with E-state index in [2.05, 4.69) is 137 Å². The van der Waals surface area contributed by atoms with E-state index >= 15 is 0 Å². The molecule has 1 aliphatic heterocycles. The number of aromatic nitrogens is 1. The van der Waals surface area contributed by atoms with Gasteiger partial charge in [-0.25, -0.2) is 0 Å². The zero-order valence-corrected chi connectivity index (χ0v) is 23.3. The minimum absolute atomic E-state index is 0.243. The Morgan fingerprint density at radius 1 is 0.825 bits per heavy atom. The minimum Gasteiger partial charge on any atom is -0.358 e. The quantitative estimate of drug-likeness (QED) is 0.301. The van der Waals surface area contributed by atoms with E-state index in [4.69, 9.17) is 0 Å². The standard InChI is InChI=1S/C36H29N3Si/c37-24-29-20-21-38-25-32(29)28-12-8-10-26(22-28)27-11-9-13-30(23-27)39-33-16-4-6-18-35(33)40(31-14-2-1-3-15-31)36-19-7-5-17-34(36)39/h1-22,25,30,33,35,40H,23H2. The summed E-state index contributed by atoms with van der Waals surface area (Å²) >= 11 is 0. The lowest BCUT2D eigenvalue weighted by molar-refractivity contribution is 0.612. The minimum atomic E-state index is -1.49. The van der Waals surface area contributed by atoms with E-state index < -0.39 is 8.80 Å². The molecule has 40 heavy (non-hydrogen) atoms. The molecule has 0 spiro atoms. The predicted octanol–water partition coefficient (Wildman–Crippen LogP) is 6.06. The van der Waals surface area contributed by atoms with Crippen molar-refractivity contribution in [2.45, 2.75) is 24.0 Å². The molecule has 4 atom stereocenters. The molecule has 0 fully saturated rings. The van der Waals surface area contributed by atoms with Crippen LogP contribution < -0.4 is 15.3 Å². The van der Waals surface area contributed by atoms with E-state index in [1.807, 2.05) is 0 Å². The van der Waals surface area contributed by atoms with Gasteiger partial charge in [0.25, 0.3) is 0 Å². The van der Waals surface area contributed by atoms with Gasteiger partial charge in [0.15, 0.2) is 0 Å². The third-order valence-corrected chi connectivity index (χ3v) is 12.1. The molecule has 4 heteroatoms. The lowest BCUT2D eigenvalue weighted by atomic mass is 9.89. The normalized spacial score (nSPS) is 22.7. The van der Waals surface area contributed by atoms with Crippen LogP contribution in [-0.2, 0) is 0 Å². The van der Waals surface area contributed by atoms with Gasteiger partial charge in [-0.05, 0) is 46.5 Å². The summed E-state index contributed by atoms with van der Waals surface area (Å²) in [7, 11) is -1.49. The number of anilines is 1. The van der Waals surface area contributed by atoms with Crippen LogP contribution in [-0.4, -0.2) is 25.9 Å². The highest BCUT2D eigenvalue weighted by atomic mass is 28.3. The Bertz CT molecular complexity index is 1730. The van der Waals surface area contributed by atoms with E-state index in [1.165, 1.54) is 27.2 Å². The monoisotopic (exact) mass is 531 g/mol. The van der Waals surface area contributed by atoms with Crippen LogP contribution in [0, 0.1) is 11.3 Å². The topological polar surface area (TPSA) is 39.9 Å². The summed E-state index contributed by atoms with van der Waals surface area (Å²) in [6, 6.07) is 33.5. The summed E-state index contributed by atoms with van der Waals surface area (Å²) in [6.45, 7) is 0. The Morgan fingerprint density at radius 2 is 1.65 bits per heavy atom. The Kier molecular flexibility index (Phi) is 6.35. The molecule has 2 aliphatic carbocycles. The average Bonchev–Trinajstić information content (AvgIpc) is 3.04. The highest BCUT2D eigenvalue weighted by molar-refractivity contribution is 6.88. The highest BCUT2D eigenvalue weighted by Gasteiger charge is 2.43. The SMILES string of the molecule is N#Cc1ccncc1-c1cccc(C2=CC=CC(N3c4ccccc4[SiH](c4ccccc4)C4C=CC=CC43)C2)c1. The molecular formula is C36H29N3Si. The number of para-hydroxylation sites is 1. The molecule has 0 N–H and O–H groups in total. The van der Waals surface area contributed by atoms with Crippen molar-refractivity contribution in [2.75, 3.05) is 4.90 Å². The van der Waals surface area contributed by atoms with Gasteiger partial charge in [-0.2, -0.15) is 5.26 Å². The molecule has 7 rings (SSSR count). The highest BCUT2D eigenvalue weighted by Crippen LogP contribution is 2.40. The maximum absolute atomic E-state index is 9.63. The molecule has 192 valence electrons. The van der Waals surface area contributed by atoms with E-state index in [9.17, 15) is 5.26 Å². The average molecular weight is 532 g/mol. The van der Waals surface area contributed by atoms with Gasteiger partial charge >= 0.3 is 0 Å². The molecule has 4 unspecified atom stereocenters. The zero-order valence-electron chi connectivity index (χ0n) is 22.1. The third-order valence-electron chi connectivity index (χ3n) is 8.46. The van der Waals surface area contributed by atoms with Crippen molar-refractivity contribution in [1.29, 1.82) is 5.26 Å². The first-order chi connectivity index (χ1) is 19.8. The van der Waals surface area contributed by atoms with Gasteiger partial charge in [0.1, 0.15) is 8.80 Å². The number of nitrogens with zero attached hydrogens (tertiary/aromatic N) is 3. The Morgan fingerprint density at radius 3 is 2.55 bits per heavy atom. The number of hydrogen-bond acceptors (Lipinski definition) is 3. The lowest BCUT2D eigenvalue weighted by Gasteiger charge is -2.49. The van der Waals surface area contributed by atoms with E-state index in [1.54, 1.807) is 18.5 Å². The second-order valence-electron chi connectivity index (χ2n) is 10.7. The first kappa shape index (κ1) is 24.3. The van der Waals surface area contributed by atoms with Crippen LogP contribution in [0.15, 0.2) is 140 Å². The number of pyridine rings is 1. The molecule has 0 bridgehead atoms. The van der Waals surface area contributed by atoms with Crippen molar-refractivity contribution in [1.82, 2.24) is 4.98 Å². The van der Waals surface area contributed by atoms with Gasteiger partial charge in [-0.15, -0.1) is 0 Å². The number of fused-ring (bicyclic) bond motifs is 2. The van der Waals surface area contributed by atoms with Crippen molar-refractivity contribution in [3.8, 4) is 17.2 Å². The summed E-state index contributed by atoms with van der Waals surface area (Å²) in [5.74, 6) is 0. The lowest BCUT2D eigenvalue weighted by Crippen LogP contribution is -2.61. The Hall–Kier alpha value is -4.72. The fraction of sp³-hybridized carbons (Fsp3) is 0.111. The van der Waals surface area contributed by atoms with Gasteiger partial charge in [-0.3, -0.25) is 4.98 Å². The third kappa shape index (κ3) is 4.25. The van der Waals surface area contributed by atoms with Crippen molar-refractivity contribution in [2.24, 2.45) is 0 Å². The Labute approximate surface area is 237 Å². The summed E-state index contributed by atoms with van der Waals surface area (Å²) < 4.78 is 0. The molecule has 3 aromatic carbocycles. The molecule has 4 aromatic rings. The molecule has 0 amide bonds. The fourth-order valence-electron chi connectivity index (χ4n) is 6.69. The smallest absolute Gasteiger partial charge is 0.114 e. The van der Waals surface area contributed by atoms with Gasteiger partial charge in [0.2, 0.25) is 0 Å². The van der Waals surface area contributed by atoms with Crippen LogP contribution in [0.25, 0.3) is 16.7 Å². The van der Waals surface area contributed by atoms with E-state index in [0.717, 1.165) is 17.5 Å². The van der Waals surface area contributed by atoms with Gasteiger partial charge < -0.3 is 4.90 Å².